The van der Waals surface area contributed by atoms with Gasteiger partial charge in [0.15, 0.2) is 0 Å². The zero-order valence-corrected chi connectivity index (χ0v) is 16.4. The maximum Gasteiger partial charge on any atom is 0.308 e. The van der Waals surface area contributed by atoms with Crippen molar-refractivity contribution >= 4 is 23.6 Å². The standard InChI is InChI=1S/C19H29NO4S/c1-5-24-19(22)12-17(15-7-6-8-16(11-15)23-4)20-18(21)13-25-10-9-14(2)3/h6-8,11,14,17H,5,9-10,12-13H2,1-4H3,(H,20,21). The van der Waals surface area contributed by atoms with Crippen LogP contribution in [0.2, 0.25) is 0 Å². The lowest BCUT2D eigenvalue weighted by Crippen LogP contribution is -2.32. The third-order valence-electron chi connectivity index (χ3n) is 3.58. The molecule has 0 aromatic heterocycles. The quantitative estimate of drug-likeness (QED) is 0.478. The molecule has 0 spiro atoms. The van der Waals surface area contributed by atoms with Gasteiger partial charge in [-0.05, 0) is 42.7 Å². The average molecular weight is 368 g/mol. The second-order valence-corrected chi connectivity index (χ2v) is 7.25. The first-order valence-electron chi connectivity index (χ1n) is 8.62. The normalized spacial score (nSPS) is 11.9. The predicted molar refractivity (Wildman–Crippen MR) is 102 cm³/mol. The van der Waals surface area contributed by atoms with Crippen LogP contribution < -0.4 is 10.1 Å². The van der Waals surface area contributed by atoms with Crippen molar-refractivity contribution in [2.24, 2.45) is 5.92 Å². The number of carbonyl (C=O) groups is 2. The number of esters is 1. The summed E-state index contributed by atoms with van der Waals surface area (Å²) in [5.74, 6) is 2.24. The zero-order chi connectivity index (χ0) is 18.7. The van der Waals surface area contributed by atoms with Crippen molar-refractivity contribution in [2.45, 2.75) is 39.7 Å². The lowest BCUT2D eigenvalue weighted by molar-refractivity contribution is -0.143. The SMILES string of the molecule is CCOC(=O)CC(NC(=O)CSCCC(C)C)c1cccc(OC)c1. The monoisotopic (exact) mass is 367 g/mol. The summed E-state index contributed by atoms with van der Waals surface area (Å²) in [4.78, 5) is 24.1. The van der Waals surface area contributed by atoms with Gasteiger partial charge in [-0.1, -0.05) is 26.0 Å². The summed E-state index contributed by atoms with van der Waals surface area (Å²) < 4.78 is 10.3. The highest BCUT2D eigenvalue weighted by Gasteiger charge is 2.19. The highest BCUT2D eigenvalue weighted by molar-refractivity contribution is 7.99. The molecular formula is C19H29NO4S. The number of hydrogen-bond donors (Lipinski definition) is 1. The first-order valence-corrected chi connectivity index (χ1v) is 9.78. The molecule has 0 aliphatic heterocycles. The number of rotatable bonds is 11. The summed E-state index contributed by atoms with van der Waals surface area (Å²) in [7, 11) is 1.59. The Hall–Kier alpha value is -1.69. The Labute approximate surface area is 154 Å². The second-order valence-electron chi connectivity index (χ2n) is 6.14. The molecule has 0 aliphatic carbocycles. The van der Waals surface area contributed by atoms with Crippen LogP contribution in [0.25, 0.3) is 0 Å². The van der Waals surface area contributed by atoms with Gasteiger partial charge in [0.25, 0.3) is 0 Å². The number of amides is 1. The molecule has 0 saturated carbocycles. The van der Waals surface area contributed by atoms with E-state index >= 15 is 0 Å². The van der Waals surface area contributed by atoms with Crippen LogP contribution in [0.3, 0.4) is 0 Å². The van der Waals surface area contributed by atoms with Gasteiger partial charge < -0.3 is 14.8 Å². The number of nitrogens with one attached hydrogen (secondary N) is 1. The van der Waals surface area contributed by atoms with Crippen LogP contribution in [0, 0.1) is 5.92 Å². The largest absolute Gasteiger partial charge is 0.497 e. The van der Waals surface area contributed by atoms with Crippen LogP contribution >= 0.6 is 11.8 Å². The molecule has 1 aromatic carbocycles. The topological polar surface area (TPSA) is 64.6 Å². The number of thioether (sulfide) groups is 1. The predicted octanol–water partition coefficient (Wildman–Crippen LogP) is 3.59. The molecule has 140 valence electrons. The Morgan fingerprint density at radius 2 is 2.04 bits per heavy atom. The van der Waals surface area contributed by atoms with E-state index < -0.39 is 6.04 Å². The van der Waals surface area contributed by atoms with Gasteiger partial charge in [0, 0.05) is 0 Å². The van der Waals surface area contributed by atoms with Crippen LogP contribution in [0.1, 0.15) is 45.2 Å². The molecule has 1 unspecified atom stereocenters. The Kier molecular flexibility index (Phi) is 10.1. The lowest BCUT2D eigenvalue weighted by atomic mass is 10.0. The first-order chi connectivity index (χ1) is 12.0. The highest BCUT2D eigenvalue weighted by atomic mass is 32.2. The Bertz CT molecular complexity index is 548. The van der Waals surface area contributed by atoms with Gasteiger partial charge >= 0.3 is 5.97 Å². The zero-order valence-electron chi connectivity index (χ0n) is 15.5. The van der Waals surface area contributed by atoms with Gasteiger partial charge in [-0.25, -0.2) is 0 Å². The fourth-order valence-corrected chi connectivity index (χ4v) is 3.27. The third-order valence-corrected chi connectivity index (χ3v) is 4.57. The number of benzene rings is 1. The number of hydrogen-bond acceptors (Lipinski definition) is 5. The van der Waals surface area contributed by atoms with Crippen LogP contribution in [0.5, 0.6) is 5.75 Å². The molecular weight excluding hydrogens is 338 g/mol. The van der Waals surface area contributed by atoms with Crippen LogP contribution in [0.4, 0.5) is 0 Å². The van der Waals surface area contributed by atoms with E-state index in [1.54, 1.807) is 25.8 Å². The Morgan fingerprint density at radius 1 is 1.28 bits per heavy atom. The number of carbonyl (C=O) groups excluding carboxylic acids is 2. The van der Waals surface area contributed by atoms with Crippen molar-refractivity contribution in [3.05, 3.63) is 29.8 Å². The summed E-state index contributed by atoms with van der Waals surface area (Å²) >= 11 is 1.61. The van der Waals surface area contributed by atoms with Crippen LogP contribution in [-0.4, -0.2) is 37.1 Å². The van der Waals surface area contributed by atoms with Crippen LogP contribution in [-0.2, 0) is 14.3 Å². The average Bonchev–Trinajstić information content (AvgIpc) is 2.58. The summed E-state index contributed by atoms with van der Waals surface area (Å²) in [6, 6.07) is 6.95. The van der Waals surface area contributed by atoms with E-state index in [1.165, 1.54) is 0 Å². The van der Waals surface area contributed by atoms with E-state index in [9.17, 15) is 9.59 Å². The molecule has 5 nitrogen and oxygen atoms in total. The van der Waals surface area contributed by atoms with Gasteiger partial charge in [-0.15, -0.1) is 0 Å². The fourth-order valence-electron chi connectivity index (χ4n) is 2.22. The van der Waals surface area contributed by atoms with Crippen molar-refractivity contribution in [3.8, 4) is 5.75 Å². The van der Waals surface area contributed by atoms with Gasteiger partial charge in [0.2, 0.25) is 5.91 Å². The molecule has 0 heterocycles. The second kappa shape index (κ2) is 11.8. The van der Waals surface area contributed by atoms with Crippen molar-refractivity contribution in [3.63, 3.8) is 0 Å². The van der Waals surface area contributed by atoms with E-state index in [0.29, 0.717) is 24.0 Å². The number of methoxy groups -OCH3 is 1. The van der Waals surface area contributed by atoms with Crippen molar-refractivity contribution in [1.82, 2.24) is 5.32 Å². The summed E-state index contributed by atoms with van der Waals surface area (Å²) in [5.41, 5.74) is 0.827. The fraction of sp³-hybridized carbons (Fsp3) is 0.579. The molecule has 0 radical (unpaired) electrons. The minimum atomic E-state index is -0.424. The smallest absolute Gasteiger partial charge is 0.308 e. The van der Waals surface area contributed by atoms with Crippen molar-refractivity contribution < 1.29 is 19.1 Å². The maximum atomic E-state index is 12.2. The molecule has 1 N–H and O–H groups in total. The third kappa shape index (κ3) is 8.82. The van der Waals surface area contributed by atoms with Gasteiger partial charge in [0.1, 0.15) is 5.75 Å². The molecule has 0 bridgehead atoms. The van der Waals surface area contributed by atoms with E-state index in [4.69, 9.17) is 9.47 Å². The highest BCUT2D eigenvalue weighted by Crippen LogP contribution is 2.22. The van der Waals surface area contributed by atoms with E-state index in [0.717, 1.165) is 17.7 Å². The van der Waals surface area contributed by atoms with Crippen molar-refractivity contribution in [1.29, 1.82) is 0 Å². The molecule has 1 atom stereocenters. The van der Waals surface area contributed by atoms with Gasteiger partial charge in [-0.2, -0.15) is 11.8 Å². The Morgan fingerprint density at radius 3 is 2.68 bits per heavy atom. The van der Waals surface area contributed by atoms with E-state index in [-0.39, 0.29) is 18.3 Å². The maximum absolute atomic E-state index is 12.2. The number of ether oxygens (including phenoxy) is 2. The first kappa shape index (κ1) is 21.4. The molecule has 1 rings (SSSR count). The minimum Gasteiger partial charge on any atom is -0.497 e. The molecule has 1 amide bonds. The Balaban J connectivity index is 2.70. The molecule has 25 heavy (non-hydrogen) atoms. The van der Waals surface area contributed by atoms with Gasteiger partial charge in [-0.3, -0.25) is 9.59 Å². The minimum absolute atomic E-state index is 0.0779. The van der Waals surface area contributed by atoms with Gasteiger partial charge in [0.05, 0.1) is 31.9 Å². The molecule has 6 heteroatoms. The summed E-state index contributed by atoms with van der Waals surface area (Å²) in [5, 5.41) is 2.95. The molecule has 0 fully saturated rings. The van der Waals surface area contributed by atoms with E-state index in [2.05, 4.69) is 19.2 Å². The molecule has 0 aliphatic rings. The molecule has 1 aromatic rings. The lowest BCUT2D eigenvalue weighted by Gasteiger charge is -2.19. The summed E-state index contributed by atoms with van der Waals surface area (Å²) in [6.07, 6.45) is 1.18. The van der Waals surface area contributed by atoms with E-state index in [1.807, 2.05) is 24.3 Å². The van der Waals surface area contributed by atoms with Crippen molar-refractivity contribution in [2.75, 3.05) is 25.2 Å². The molecule has 0 saturated heterocycles. The summed E-state index contributed by atoms with van der Waals surface area (Å²) in [6.45, 7) is 6.42. The van der Waals surface area contributed by atoms with Crippen LogP contribution in [0.15, 0.2) is 24.3 Å².